The maximum atomic E-state index is 12.7. The van der Waals surface area contributed by atoms with E-state index in [4.69, 9.17) is 9.47 Å². The van der Waals surface area contributed by atoms with Gasteiger partial charge in [0.15, 0.2) is 11.5 Å². The number of hydrogen-bond acceptors (Lipinski definition) is 6. The molecule has 0 N–H and O–H groups in total. The van der Waals surface area contributed by atoms with Gasteiger partial charge in [0.1, 0.15) is 0 Å². The van der Waals surface area contributed by atoms with Crippen LogP contribution in [0.1, 0.15) is 0 Å². The van der Waals surface area contributed by atoms with Gasteiger partial charge in [-0.05, 0) is 29.8 Å². The van der Waals surface area contributed by atoms with Crippen LogP contribution in [-0.2, 0) is 10.1 Å². The van der Waals surface area contributed by atoms with Gasteiger partial charge in [-0.2, -0.15) is 21.6 Å². The molecule has 0 atom stereocenters. The second-order valence-electron chi connectivity index (χ2n) is 5.61. The molecule has 0 saturated carbocycles. The highest BCUT2D eigenvalue weighted by atomic mass is 32.2. The maximum Gasteiger partial charge on any atom is 0.534 e. The van der Waals surface area contributed by atoms with Crippen molar-refractivity contribution in [3.63, 3.8) is 0 Å². The van der Waals surface area contributed by atoms with Gasteiger partial charge in [0.25, 0.3) is 0 Å². The number of benzene rings is 2. The molecule has 2 aromatic carbocycles. The number of halogens is 3. The molecule has 1 heterocycles. The minimum absolute atomic E-state index is 0.000494. The fraction of sp³-hybridized carbons (Fsp3) is 0.167. The van der Waals surface area contributed by atoms with E-state index in [1.807, 2.05) is 18.2 Å². The Morgan fingerprint density at radius 1 is 0.929 bits per heavy atom. The highest BCUT2D eigenvalue weighted by Gasteiger charge is 2.49. The lowest BCUT2D eigenvalue weighted by molar-refractivity contribution is -0.0500. The van der Waals surface area contributed by atoms with E-state index in [9.17, 15) is 21.6 Å². The van der Waals surface area contributed by atoms with Crippen LogP contribution in [0.15, 0.2) is 48.7 Å². The largest absolute Gasteiger partial charge is 0.534 e. The summed E-state index contributed by atoms with van der Waals surface area (Å²) in [6.45, 7) is 0. The molecular formula is C18H14F3NO5S. The Kier molecular flexibility index (Phi) is 5.07. The zero-order valence-electron chi connectivity index (χ0n) is 14.6. The standard InChI is InChI=1S/C18H14F3NO5S/c1-25-15-8-12(13-7-11-5-3-4-6-14(11)22-10-13)9-16(17(15)26-2)27-28(23,24)18(19,20)21/h3-10H,1-2H3. The highest BCUT2D eigenvalue weighted by molar-refractivity contribution is 7.88. The lowest BCUT2D eigenvalue weighted by Gasteiger charge is -2.16. The van der Waals surface area contributed by atoms with Crippen LogP contribution in [0.5, 0.6) is 17.2 Å². The number of methoxy groups -OCH3 is 2. The van der Waals surface area contributed by atoms with Gasteiger partial charge in [-0.25, -0.2) is 0 Å². The van der Waals surface area contributed by atoms with E-state index in [1.165, 1.54) is 19.4 Å². The zero-order valence-corrected chi connectivity index (χ0v) is 15.5. The summed E-state index contributed by atoms with van der Waals surface area (Å²) in [5, 5.41) is 0.792. The molecule has 0 amide bonds. The lowest BCUT2D eigenvalue weighted by Crippen LogP contribution is -2.28. The molecule has 0 saturated heterocycles. The molecule has 28 heavy (non-hydrogen) atoms. The van der Waals surface area contributed by atoms with Crippen molar-refractivity contribution in [2.24, 2.45) is 0 Å². The molecule has 0 aliphatic heterocycles. The summed E-state index contributed by atoms with van der Waals surface area (Å²) in [5.74, 6) is -0.935. The predicted octanol–water partition coefficient (Wildman–Crippen LogP) is 4.15. The van der Waals surface area contributed by atoms with Gasteiger partial charge in [0.2, 0.25) is 5.75 Å². The first-order valence-corrected chi connectivity index (χ1v) is 9.19. The first kappa shape index (κ1) is 19.7. The summed E-state index contributed by atoms with van der Waals surface area (Å²) in [6, 6.07) is 11.6. The number of nitrogens with zero attached hydrogens (tertiary/aromatic N) is 1. The summed E-state index contributed by atoms with van der Waals surface area (Å²) >= 11 is 0. The number of hydrogen-bond donors (Lipinski definition) is 0. The predicted molar refractivity (Wildman–Crippen MR) is 95.9 cm³/mol. The molecular weight excluding hydrogens is 399 g/mol. The van der Waals surface area contributed by atoms with E-state index in [2.05, 4.69) is 9.17 Å². The van der Waals surface area contributed by atoms with Crippen molar-refractivity contribution in [3.8, 4) is 28.4 Å². The SMILES string of the molecule is COc1cc(-c2cnc3ccccc3c2)cc(OS(=O)(=O)C(F)(F)F)c1OC. The van der Waals surface area contributed by atoms with Crippen LogP contribution in [0.3, 0.4) is 0 Å². The summed E-state index contributed by atoms with van der Waals surface area (Å²) in [6.07, 6.45) is 1.51. The van der Waals surface area contributed by atoms with E-state index in [-0.39, 0.29) is 11.5 Å². The summed E-state index contributed by atoms with van der Waals surface area (Å²) in [4.78, 5) is 4.29. The van der Waals surface area contributed by atoms with Crippen LogP contribution in [0.2, 0.25) is 0 Å². The molecule has 0 aliphatic carbocycles. The van der Waals surface area contributed by atoms with Gasteiger partial charge < -0.3 is 13.7 Å². The van der Waals surface area contributed by atoms with Gasteiger partial charge in [0.05, 0.1) is 19.7 Å². The number of para-hydroxylation sites is 1. The molecule has 3 rings (SSSR count). The Hall–Kier alpha value is -3.01. The quantitative estimate of drug-likeness (QED) is 0.462. The van der Waals surface area contributed by atoms with Crippen LogP contribution < -0.4 is 13.7 Å². The van der Waals surface area contributed by atoms with Gasteiger partial charge in [-0.15, -0.1) is 0 Å². The minimum Gasteiger partial charge on any atom is -0.493 e. The highest BCUT2D eigenvalue weighted by Crippen LogP contribution is 2.43. The van der Waals surface area contributed by atoms with Gasteiger partial charge in [-0.1, -0.05) is 18.2 Å². The van der Waals surface area contributed by atoms with Crippen LogP contribution in [-0.4, -0.2) is 33.1 Å². The molecule has 0 spiro atoms. The monoisotopic (exact) mass is 413 g/mol. The van der Waals surface area contributed by atoms with Crippen molar-refractivity contribution in [3.05, 3.63) is 48.7 Å². The minimum atomic E-state index is -5.89. The Labute approximate surface area is 158 Å². The lowest BCUT2D eigenvalue weighted by atomic mass is 10.0. The number of rotatable bonds is 5. The van der Waals surface area contributed by atoms with Crippen molar-refractivity contribution in [1.82, 2.24) is 4.98 Å². The van der Waals surface area contributed by atoms with E-state index >= 15 is 0 Å². The average molecular weight is 413 g/mol. The normalized spacial score (nSPS) is 12.0. The Bertz CT molecular complexity index is 1130. The molecule has 0 radical (unpaired) electrons. The van der Waals surface area contributed by atoms with Crippen LogP contribution in [0, 0.1) is 0 Å². The molecule has 6 nitrogen and oxygen atoms in total. The zero-order chi connectivity index (χ0) is 20.5. The van der Waals surface area contributed by atoms with Gasteiger partial charge in [0, 0.05) is 17.1 Å². The topological polar surface area (TPSA) is 74.7 Å². The molecule has 1 aromatic heterocycles. The Morgan fingerprint density at radius 3 is 2.25 bits per heavy atom. The number of ether oxygens (including phenoxy) is 2. The summed E-state index contributed by atoms with van der Waals surface area (Å²) in [5.41, 5.74) is -4.01. The van der Waals surface area contributed by atoms with Crippen molar-refractivity contribution in [2.45, 2.75) is 5.51 Å². The fourth-order valence-corrected chi connectivity index (χ4v) is 3.01. The molecule has 148 valence electrons. The van der Waals surface area contributed by atoms with Crippen LogP contribution in [0.4, 0.5) is 13.2 Å². The number of fused-ring (bicyclic) bond motifs is 1. The Morgan fingerprint density at radius 2 is 1.61 bits per heavy atom. The maximum absolute atomic E-state index is 12.7. The summed E-state index contributed by atoms with van der Waals surface area (Å²) in [7, 11) is -3.47. The molecule has 3 aromatic rings. The molecule has 0 bridgehead atoms. The van der Waals surface area contributed by atoms with Crippen molar-refractivity contribution >= 4 is 21.0 Å². The molecule has 0 aliphatic rings. The molecule has 0 fully saturated rings. The van der Waals surface area contributed by atoms with E-state index < -0.39 is 21.4 Å². The average Bonchev–Trinajstić information content (AvgIpc) is 2.65. The molecule has 0 unspecified atom stereocenters. The van der Waals surface area contributed by atoms with Crippen molar-refractivity contribution < 1.29 is 35.2 Å². The molecule has 10 heteroatoms. The third-order valence-electron chi connectivity index (χ3n) is 3.85. The van der Waals surface area contributed by atoms with E-state index in [1.54, 1.807) is 12.1 Å². The van der Waals surface area contributed by atoms with Gasteiger partial charge in [-0.3, -0.25) is 4.98 Å². The van der Waals surface area contributed by atoms with E-state index in [0.717, 1.165) is 24.1 Å². The Balaban J connectivity index is 2.17. The van der Waals surface area contributed by atoms with E-state index in [0.29, 0.717) is 11.1 Å². The first-order valence-electron chi connectivity index (χ1n) is 7.78. The third kappa shape index (κ3) is 3.68. The number of pyridine rings is 1. The van der Waals surface area contributed by atoms with Crippen molar-refractivity contribution in [1.29, 1.82) is 0 Å². The van der Waals surface area contributed by atoms with Crippen LogP contribution >= 0.6 is 0 Å². The second-order valence-corrected chi connectivity index (χ2v) is 7.15. The van der Waals surface area contributed by atoms with Crippen LogP contribution in [0.25, 0.3) is 22.0 Å². The van der Waals surface area contributed by atoms with Crippen molar-refractivity contribution in [2.75, 3.05) is 14.2 Å². The second kappa shape index (κ2) is 7.19. The third-order valence-corrected chi connectivity index (χ3v) is 4.82. The smallest absolute Gasteiger partial charge is 0.493 e. The van der Waals surface area contributed by atoms with Gasteiger partial charge >= 0.3 is 15.6 Å². The number of alkyl halides is 3. The first-order chi connectivity index (χ1) is 13.2. The number of aromatic nitrogens is 1. The summed E-state index contributed by atoms with van der Waals surface area (Å²) < 4.78 is 75.5. The fourth-order valence-electron chi connectivity index (χ4n) is 2.55.